The molecule has 25 heavy (non-hydrogen) atoms. The van der Waals surface area contributed by atoms with Crippen molar-refractivity contribution in [2.24, 2.45) is 23.2 Å². The topological polar surface area (TPSA) is 170 Å². The zero-order valence-corrected chi connectivity index (χ0v) is 15.8. The third-order valence-corrected chi connectivity index (χ3v) is 4.18. The number of urea groups is 2. The Balaban J connectivity index is 2.80. The number of hydrogen-bond donors (Lipinski definition) is 4. The molecule has 0 fully saturated rings. The molecule has 1 heterocycles. The molecule has 10 nitrogen and oxygen atoms in total. The third kappa shape index (κ3) is 3.89. The number of amides is 4. The maximum absolute atomic E-state index is 11.6. The Morgan fingerprint density at radius 3 is 2.28 bits per heavy atom. The van der Waals surface area contributed by atoms with Gasteiger partial charge in [-0.15, -0.1) is 0 Å². The highest BCUT2D eigenvalue weighted by molar-refractivity contribution is 14.1. The van der Waals surface area contributed by atoms with Gasteiger partial charge in [0.15, 0.2) is 5.82 Å². The van der Waals surface area contributed by atoms with Crippen LogP contribution in [0.3, 0.4) is 0 Å². The van der Waals surface area contributed by atoms with E-state index in [4.69, 9.17) is 34.8 Å². The predicted octanol–water partition coefficient (Wildman–Crippen LogP) is 1.23. The summed E-state index contributed by atoms with van der Waals surface area (Å²) in [5, 5.41) is 1.52. The lowest BCUT2D eigenvalue weighted by molar-refractivity contribution is 0.253. The van der Waals surface area contributed by atoms with Crippen LogP contribution in [0.1, 0.15) is 5.69 Å². The molecule has 0 aliphatic rings. The van der Waals surface area contributed by atoms with Crippen LogP contribution in [0.2, 0.25) is 5.02 Å². The fraction of sp³-hybridized carbons (Fsp3) is 0.0769. The van der Waals surface area contributed by atoms with Gasteiger partial charge in [0.05, 0.1) is 5.69 Å². The molecule has 0 radical (unpaired) electrons. The number of carbonyl (C=O) groups is 2. The van der Waals surface area contributed by atoms with E-state index in [1.165, 1.54) is 0 Å². The minimum absolute atomic E-state index is 0.0735. The zero-order chi connectivity index (χ0) is 18.9. The van der Waals surface area contributed by atoms with E-state index in [0.29, 0.717) is 31.9 Å². The van der Waals surface area contributed by atoms with Crippen LogP contribution in [0.4, 0.5) is 21.4 Å². The molecule has 0 atom stereocenters. The number of hydrazine groups is 2. The van der Waals surface area contributed by atoms with Crippen LogP contribution in [0.15, 0.2) is 18.2 Å². The molecule has 8 N–H and O–H groups in total. The highest BCUT2D eigenvalue weighted by Crippen LogP contribution is 2.37. The first kappa shape index (κ1) is 19.1. The Morgan fingerprint density at radius 1 is 1.12 bits per heavy atom. The molecule has 2 aromatic rings. The fourth-order valence-electron chi connectivity index (χ4n) is 2.03. The summed E-state index contributed by atoms with van der Waals surface area (Å²) in [7, 11) is 0. The number of nitrogens with two attached hydrogens (primary N) is 4. The van der Waals surface area contributed by atoms with Gasteiger partial charge in [-0.3, -0.25) is 0 Å². The van der Waals surface area contributed by atoms with Gasteiger partial charge in [0.25, 0.3) is 5.95 Å². The number of carbonyl (C=O) groups excluding carboxylic acids is 2. The van der Waals surface area contributed by atoms with Crippen LogP contribution in [0.5, 0.6) is 0 Å². The van der Waals surface area contributed by atoms with Crippen molar-refractivity contribution >= 4 is 58.0 Å². The second kappa shape index (κ2) is 7.35. The molecule has 0 aliphatic heterocycles. The highest BCUT2D eigenvalue weighted by Gasteiger charge is 2.24. The van der Waals surface area contributed by atoms with E-state index in [1.807, 2.05) is 0 Å². The Labute approximate surface area is 161 Å². The molecule has 1 aromatic carbocycles. The largest absolute Gasteiger partial charge is 0.350 e. The van der Waals surface area contributed by atoms with Gasteiger partial charge >= 0.3 is 12.1 Å². The lowest BCUT2D eigenvalue weighted by Crippen LogP contribution is -2.45. The maximum atomic E-state index is 11.6. The molecule has 0 saturated heterocycles. The van der Waals surface area contributed by atoms with E-state index in [1.54, 1.807) is 25.1 Å². The number of nitrogens with zero attached hydrogens (tertiary/aromatic N) is 4. The van der Waals surface area contributed by atoms with Crippen molar-refractivity contribution in [3.8, 4) is 11.1 Å². The molecular weight excluding hydrogens is 463 g/mol. The monoisotopic (exact) mass is 476 g/mol. The number of anilines is 2. The minimum Gasteiger partial charge on any atom is -0.350 e. The highest BCUT2D eigenvalue weighted by atomic mass is 127. The molecule has 2 rings (SSSR count). The molecule has 132 valence electrons. The van der Waals surface area contributed by atoms with Gasteiger partial charge in [0, 0.05) is 19.7 Å². The average molecular weight is 477 g/mol. The summed E-state index contributed by atoms with van der Waals surface area (Å²) in [5.41, 5.74) is 11.6. The van der Waals surface area contributed by atoms with Crippen LogP contribution in [0, 0.1) is 10.5 Å². The van der Waals surface area contributed by atoms with E-state index >= 15 is 0 Å². The second-order valence-electron chi connectivity index (χ2n) is 4.85. The van der Waals surface area contributed by atoms with Crippen molar-refractivity contribution in [2.45, 2.75) is 6.92 Å². The summed E-state index contributed by atoms with van der Waals surface area (Å²) in [6, 6.07) is 3.28. The molecule has 1 aromatic heterocycles. The van der Waals surface area contributed by atoms with Gasteiger partial charge in [-0.25, -0.2) is 31.3 Å². The zero-order valence-electron chi connectivity index (χ0n) is 12.9. The number of halogens is 2. The van der Waals surface area contributed by atoms with Gasteiger partial charge < -0.3 is 11.5 Å². The first-order valence-electron chi connectivity index (χ1n) is 6.66. The molecular formula is C13H14ClIN8O2. The van der Waals surface area contributed by atoms with Crippen molar-refractivity contribution < 1.29 is 9.59 Å². The molecule has 0 bridgehead atoms. The normalized spacial score (nSPS) is 10.4. The van der Waals surface area contributed by atoms with E-state index < -0.39 is 12.1 Å². The van der Waals surface area contributed by atoms with Crippen LogP contribution < -0.4 is 33.2 Å². The quantitative estimate of drug-likeness (QED) is 0.224. The molecule has 0 saturated carbocycles. The molecule has 0 aliphatic carbocycles. The first-order valence-corrected chi connectivity index (χ1v) is 8.11. The number of rotatable bonds is 3. The summed E-state index contributed by atoms with van der Waals surface area (Å²) in [6.45, 7) is 1.61. The van der Waals surface area contributed by atoms with E-state index in [9.17, 15) is 9.59 Å². The van der Waals surface area contributed by atoms with Crippen LogP contribution in [-0.2, 0) is 0 Å². The summed E-state index contributed by atoms with van der Waals surface area (Å²) in [4.78, 5) is 31.0. The fourth-order valence-corrected chi connectivity index (χ4v) is 2.74. The Kier molecular flexibility index (Phi) is 5.62. The standard InChI is InChI=1S/C13H14ClIN8O2/c1-5-9(7-4-6(15)2-3-8(7)14)10(22(18)11(16)24)21-13(20-5)23(19)12(17)25/h2-4H,18-19H2,1H3,(H2,16,24)(H2,17,25). The number of hydrogen-bond acceptors (Lipinski definition) is 6. The number of primary amides is 2. The Morgan fingerprint density at radius 2 is 1.72 bits per heavy atom. The van der Waals surface area contributed by atoms with Crippen molar-refractivity contribution in [3.63, 3.8) is 0 Å². The summed E-state index contributed by atoms with van der Waals surface area (Å²) >= 11 is 8.37. The first-order chi connectivity index (χ1) is 11.6. The van der Waals surface area contributed by atoms with E-state index in [0.717, 1.165) is 3.57 Å². The van der Waals surface area contributed by atoms with Gasteiger partial charge in [0.2, 0.25) is 0 Å². The van der Waals surface area contributed by atoms with Crippen molar-refractivity contribution in [1.82, 2.24) is 9.97 Å². The molecule has 0 spiro atoms. The summed E-state index contributed by atoms with van der Waals surface area (Å²) < 4.78 is 0.881. The third-order valence-electron chi connectivity index (χ3n) is 3.18. The smallest absolute Gasteiger partial charge is 0.336 e. The SMILES string of the molecule is Cc1nc(N(N)C(N)=O)nc(N(N)C(N)=O)c1-c1cc(I)ccc1Cl. The lowest BCUT2D eigenvalue weighted by atomic mass is 10.0. The van der Waals surface area contributed by atoms with Crippen molar-refractivity contribution in [2.75, 3.05) is 10.0 Å². The van der Waals surface area contributed by atoms with Gasteiger partial charge in [-0.2, -0.15) is 9.99 Å². The Hall–Kier alpha value is -2.22. The van der Waals surface area contributed by atoms with Gasteiger partial charge in [0.1, 0.15) is 0 Å². The van der Waals surface area contributed by atoms with Crippen molar-refractivity contribution in [3.05, 3.63) is 32.5 Å². The average Bonchev–Trinajstić information content (AvgIpc) is 2.54. The van der Waals surface area contributed by atoms with Gasteiger partial charge in [-0.1, -0.05) is 11.6 Å². The summed E-state index contributed by atoms with van der Waals surface area (Å²) in [5.74, 6) is 10.9. The second-order valence-corrected chi connectivity index (χ2v) is 6.50. The maximum Gasteiger partial charge on any atom is 0.336 e. The number of benzene rings is 1. The lowest BCUT2D eigenvalue weighted by Gasteiger charge is -2.21. The predicted molar refractivity (Wildman–Crippen MR) is 102 cm³/mol. The minimum atomic E-state index is -0.993. The molecule has 12 heteroatoms. The number of aryl methyl sites for hydroxylation is 1. The molecule has 0 unspecified atom stereocenters. The van der Waals surface area contributed by atoms with Crippen LogP contribution in [0.25, 0.3) is 11.1 Å². The van der Waals surface area contributed by atoms with Crippen LogP contribution >= 0.6 is 34.2 Å². The summed E-state index contributed by atoms with van der Waals surface area (Å²) in [6.07, 6.45) is 0. The number of aromatic nitrogens is 2. The van der Waals surface area contributed by atoms with Crippen molar-refractivity contribution in [1.29, 1.82) is 0 Å². The van der Waals surface area contributed by atoms with E-state index in [2.05, 4.69) is 32.6 Å². The Bertz CT molecular complexity index is 862. The van der Waals surface area contributed by atoms with Crippen LogP contribution in [-0.4, -0.2) is 22.0 Å². The van der Waals surface area contributed by atoms with E-state index in [-0.39, 0.29) is 11.8 Å². The molecule has 4 amide bonds. The van der Waals surface area contributed by atoms with Gasteiger partial charge in [-0.05, 0) is 47.7 Å².